The smallest absolute Gasteiger partial charge is 0.408 e. The number of nitrogens with one attached hydrogen (secondary N) is 2. The van der Waals surface area contributed by atoms with Gasteiger partial charge < -0.3 is 10.2 Å². The predicted octanol–water partition coefficient (Wildman–Crippen LogP) is 1.28. The van der Waals surface area contributed by atoms with Gasteiger partial charge in [-0.15, -0.1) is 0 Å². The molecule has 6 heteroatoms. The molecule has 0 amide bonds. The van der Waals surface area contributed by atoms with Crippen LogP contribution in [0.3, 0.4) is 0 Å². The second kappa shape index (κ2) is 3.85. The van der Waals surface area contributed by atoms with Crippen LogP contribution < -0.4 is 11.5 Å². The second-order valence-corrected chi connectivity index (χ2v) is 4.11. The van der Waals surface area contributed by atoms with Gasteiger partial charge in [0.2, 0.25) is 0 Å². The quantitative estimate of drug-likeness (QED) is 0.632. The topological polar surface area (TPSA) is 101 Å². The Hall–Kier alpha value is -2.34. The van der Waals surface area contributed by atoms with Gasteiger partial charge in [-0.25, -0.2) is 4.79 Å². The molecule has 2 aromatic heterocycles. The second-order valence-electron chi connectivity index (χ2n) is 4.11. The van der Waals surface area contributed by atoms with Gasteiger partial charge in [0, 0.05) is 12.1 Å². The third kappa shape index (κ3) is 1.54. The largest absolute Gasteiger partial charge is 0.417 e. The summed E-state index contributed by atoms with van der Waals surface area (Å²) < 4.78 is 5.03. The number of hydrogen-bond donors (Lipinski definition) is 3. The molecule has 0 radical (unpaired) electrons. The van der Waals surface area contributed by atoms with Gasteiger partial charge in [0.15, 0.2) is 5.58 Å². The molecule has 0 aliphatic rings. The SMILES string of the molecule is Cc1c(-c2ccc3[nH]c(=O)oc3c2)n[nH]c1CN. The highest BCUT2D eigenvalue weighted by Gasteiger charge is 2.11. The molecular weight excluding hydrogens is 232 g/mol. The standard InChI is InChI=1S/C12H12N4O2/c1-6-9(5-13)15-16-11(6)7-2-3-8-10(4-7)18-12(17)14-8/h2-4H,5,13H2,1H3,(H,14,17)(H,15,16). The van der Waals surface area contributed by atoms with Gasteiger partial charge in [0.05, 0.1) is 16.9 Å². The minimum Gasteiger partial charge on any atom is -0.408 e. The van der Waals surface area contributed by atoms with Crippen molar-refractivity contribution in [2.45, 2.75) is 13.5 Å². The van der Waals surface area contributed by atoms with Gasteiger partial charge in [-0.3, -0.25) is 10.1 Å². The van der Waals surface area contributed by atoms with Gasteiger partial charge in [0.25, 0.3) is 0 Å². The fraction of sp³-hybridized carbons (Fsp3) is 0.167. The molecule has 2 heterocycles. The normalized spacial score (nSPS) is 11.2. The number of oxazole rings is 1. The van der Waals surface area contributed by atoms with E-state index in [9.17, 15) is 4.79 Å². The number of hydrogen-bond acceptors (Lipinski definition) is 4. The van der Waals surface area contributed by atoms with Crippen LogP contribution in [0.2, 0.25) is 0 Å². The monoisotopic (exact) mass is 244 g/mol. The van der Waals surface area contributed by atoms with Crippen molar-refractivity contribution in [1.82, 2.24) is 15.2 Å². The van der Waals surface area contributed by atoms with Crippen LogP contribution in [-0.4, -0.2) is 15.2 Å². The Labute approximate surface area is 102 Å². The number of H-pyrrole nitrogens is 2. The lowest BCUT2D eigenvalue weighted by Gasteiger charge is -1.99. The first-order valence-electron chi connectivity index (χ1n) is 5.56. The molecule has 0 bridgehead atoms. The molecule has 1 aromatic carbocycles. The molecule has 0 aliphatic carbocycles. The lowest BCUT2D eigenvalue weighted by molar-refractivity contribution is 0.555. The van der Waals surface area contributed by atoms with Crippen molar-refractivity contribution in [3.05, 3.63) is 40.0 Å². The molecule has 6 nitrogen and oxygen atoms in total. The number of aromatic amines is 2. The van der Waals surface area contributed by atoms with E-state index in [0.717, 1.165) is 22.5 Å². The summed E-state index contributed by atoms with van der Waals surface area (Å²) in [5.74, 6) is -0.455. The summed E-state index contributed by atoms with van der Waals surface area (Å²) in [5.41, 5.74) is 10.4. The fourth-order valence-corrected chi connectivity index (χ4v) is 2.01. The number of rotatable bonds is 2. The molecule has 0 saturated heterocycles. The van der Waals surface area contributed by atoms with Crippen LogP contribution in [0, 0.1) is 6.92 Å². The Bertz CT molecular complexity index is 766. The van der Waals surface area contributed by atoms with E-state index < -0.39 is 5.76 Å². The number of aromatic nitrogens is 3. The van der Waals surface area contributed by atoms with E-state index in [1.54, 1.807) is 12.1 Å². The van der Waals surface area contributed by atoms with Crippen LogP contribution in [0.4, 0.5) is 0 Å². The van der Waals surface area contributed by atoms with Crippen LogP contribution >= 0.6 is 0 Å². The van der Waals surface area contributed by atoms with Crippen molar-refractivity contribution in [2.24, 2.45) is 5.73 Å². The summed E-state index contributed by atoms with van der Waals surface area (Å²) in [5, 5.41) is 7.14. The third-order valence-corrected chi connectivity index (χ3v) is 3.01. The Kier molecular flexibility index (Phi) is 2.31. The molecular formula is C12H12N4O2. The Morgan fingerprint density at radius 1 is 1.44 bits per heavy atom. The van der Waals surface area contributed by atoms with Crippen LogP contribution in [0.15, 0.2) is 27.4 Å². The van der Waals surface area contributed by atoms with Gasteiger partial charge >= 0.3 is 5.76 Å². The van der Waals surface area contributed by atoms with Crippen molar-refractivity contribution in [2.75, 3.05) is 0 Å². The van der Waals surface area contributed by atoms with E-state index in [1.165, 1.54) is 0 Å². The maximum atomic E-state index is 11.1. The lowest BCUT2D eigenvalue weighted by atomic mass is 10.1. The summed E-state index contributed by atoms with van der Waals surface area (Å²) in [6.07, 6.45) is 0. The van der Waals surface area contributed by atoms with Crippen molar-refractivity contribution in [1.29, 1.82) is 0 Å². The molecule has 0 fully saturated rings. The Balaban J connectivity index is 2.18. The predicted molar refractivity (Wildman–Crippen MR) is 67.0 cm³/mol. The average molecular weight is 244 g/mol. The fourth-order valence-electron chi connectivity index (χ4n) is 2.01. The minimum atomic E-state index is -0.455. The van der Waals surface area contributed by atoms with Gasteiger partial charge in [-0.1, -0.05) is 6.07 Å². The van der Waals surface area contributed by atoms with Crippen LogP contribution in [-0.2, 0) is 6.54 Å². The van der Waals surface area contributed by atoms with E-state index in [0.29, 0.717) is 17.6 Å². The molecule has 0 unspecified atom stereocenters. The summed E-state index contributed by atoms with van der Waals surface area (Å²) in [6, 6.07) is 5.47. The number of benzene rings is 1. The van der Waals surface area contributed by atoms with Crippen LogP contribution in [0.5, 0.6) is 0 Å². The summed E-state index contributed by atoms with van der Waals surface area (Å²) in [7, 11) is 0. The van der Waals surface area contributed by atoms with Gasteiger partial charge in [0.1, 0.15) is 0 Å². The van der Waals surface area contributed by atoms with Crippen molar-refractivity contribution < 1.29 is 4.42 Å². The molecule has 18 heavy (non-hydrogen) atoms. The van der Waals surface area contributed by atoms with E-state index >= 15 is 0 Å². The molecule has 0 aliphatic heterocycles. The van der Waals surface area contributed by atoms with E-state index in [2.05, 4.69) is 15.2 Å². The highest BCUT2D eigenvalue weighted by atomic mass is 16.4. The van der Waals surface area contributed by atoms with Gasteiger partial charge in [-0.2, -0.15) is 5.10 Å². The van der Waals surface area contributed by atoms with Crippen LogP contribution in [0.1, 0.15) is 11.3 Å². The lowest BCUT2D eigenvalue weighted by Crippen LogP contribution is -1.98. The summed E-state index contributed by atoms with van der Waals surface area (Å²) >= 11 is 0. The maximum absolute atomic E-state index is 11.1. The molecule has 0 atom stereocenters. The Morgan fingerprint density at radius 2 is 2.28 bits per heavy atom. The Morgan fingerprint density at radius 3 is 3.00 bits per heavy atom. The molecule has 4 N–H and O–H groups in total. The summed E-state index contributed by atoms with van der Waals surface area (Å²) in [6.45, 7) is 2.37. The maximum Gasteiger partial charge on any atom is 0.417 e. The first-order valence-corrected chi connectivity index (χ1v) is 5.56. The van der Waals surface area contributed by atoms with Gasteiger partial charge in [-0.05, 0) is 24.6 Å². The number of fused-ring (bicyclic) bond motifs is 1. The van der Waals surface area contributed by atoms with E-state index in [4.69, 9.17) is 10.2 Å². The molecule has 3 rings (SSSR count). The first-order chi connectivity index (χ1) is 8.69. The molecule has 0 saturated carbocycles. The molecule has 92 valence electrons. The van der Waals surface area contributed by atoms with E-state index in [-0.39, 0.29) is 0 Å². The average Bonchev–Trinajstić information content (AvgIpc) is 2.89. The zero-order valence-electron chi connectivity index (χ0n) is 9.78. The van der Waals surface area contributed by atoms with Crippen LogP contribution in [0.25, 0.3) is 22.4 Å². The summed E-state index contributed by atoms with van der Waals surface area (Å²) in [4.78, 5) is 13.7. The number of nitrogens with two attached hydrogens (primary N) is 1. The van der Waals surface area contributed by atoms with E-state index in [1.807, 2.05) is 13.0 Å². The first kappa shape index (κ1) is 10.8. The zero-order valence-corrected chi connectivity index (χ0v) is 9.78. The molecule has 0 spiro atoms. The highest BCUT2D eigenvalue weighted by molar-refractivity contribution is 5.79. The minimum absolute atomic E-state index is 0.417. The number of nitrogens with zero attached hydrogens (tertiary/aromatic N) is 1. The molecule has 3 aromatic rings. The highest BCUT2D eigenvalue weighted by Crippen LogP contribution is 2.25. The van der Waals surface area contributed by atoms with Crippen molar-refractivity contribution >= 4 is 11.1 Å². The van der Waals surface area contributed by atoms with Crippen molar-refractivity contribution in [3.63, 3.8) is 0 Å². The van der Waals surface area contributed by atoms with Crippen molar-refractivity contribution in [3.8, 4) is 11.3 Å². The third-order valence-electron chi connectivity index (χ3n) is 3.01. The zero-order chi connectivity index (χ0) is 12.7.